The Morgan fingerprint density at radius 3 is 2.29 bits per heavy atom. The number of anilines is 1. The maximum atomic E-state index is 13.0. The highest BCUT2D eigenvalue weighted by Crippen LogP contribution is 2.36. The highest BCUT2D eigenvalue weighted by atomic mass is 32.2. The lowest BCUT2D eigenvalue weighted by atomic mass is 9.96. The number of carbonyl (C=O) groups excluding carboxylic acids is 1. The molecule has 2 fully saturated rings. The summed E-state index contributed by atoms with van der Waals surface area (Å²) in [7, 11) is -1.94. The van der Waals surface area contributed by atoms with E-state index in [2.05, 4.69) is 20.8 Å². The van der Waals surface area contributed by atoms with Crippen molar-refractivity contribution < 1.29 is 13.2 Å². The second-order valence-electron chi connectivity index (χ2n) is 9.05. The van der Waals surface area contributed by atoms with Gasteiger partial charge in [0, 0.05) is 29.9 Å². The minimum Gasteiger partial charge on any atom is -0.322 e. The van der Waals surface area contributed by atoms with Crippen LogP contribution in [0.25, 0.3) is 11.4 Å². The molecular formula is C24H28N6O3S. The average Bonchev–Trinajstić information content (AvgIpc) is 3.60. The summed E-state index contributed by atoms with van der Waals surface area (Å²) in [5, 5.41) is 14.8. The Balaban J connectivity index is 1.25. The number of rotatable bonds is 7. The molecule has 1 N–H and O–H groups in total. The predicted molar refractivity (Wildman–Crippen MR) is 128 cm³/mol. The Bertz CT molecular complexity index is 1260. The molecule has 0 atom stereocenters. The first-order valence-electron chi connectivity index (χ1n) is 11.7. The van der Waals surface area contributed by atoms with Gasteiger partial charge in [-0.25, -0.2) is 13.1 Å². The molecule has 0 saturated heterocycles. The first-order chi connectivity index (χ1) is 16.4. The Labute approximate surface area is 199 Å². The maximum Gasteiger partial charge on any atom is 0.255 e. The Hall–Kier alpha value is -3.11. The molecule has 2 aliphatic carbocycles. The number of hydrogen-bond donors (Lipinski definition) is 1. The van der Waals surface area contributed by atoms with Gasteiger partial charge in [0.25, 0.3) is 5.91 Å². The summed E-state index contributed by atoms with van der Waals surface area (Å²) in [6.07, 6.45) is 7.24. The highest BCUT2D eigenvalue weighted by Gasteiger charge is 2.29. The third-order valence-corrected chi connectivity index (χ3v) is 8.59. The lowest BCUT2D eigenvalue weighted by Crippen LogP contribution is -2.38. The van der Waals surface area contributed by atoms with E-state index < -0.39 is 10.0 Å². The summed E-state index contributed by atoms with van der Waals surface area (Å²) in [5.74, 6) is 0.413. The monoisotopic (exact) mass is 480 g/mol. The molecule has 1 heterocycles. The molecule has 1 aromatic heterocycles. The number of aromatic nitrogens is 4. The van der Waals surface area contributed by atoms with E-state index in [9.17, 15) is 13.2 Å². The molecule has 5 rings (SSSR count). The van der Waals surface area contributed by atoms with Crippen LogP contribution in [0.5, 0.6) is 0 Å². The summed E-state index contributed by atoms with van der Waals surface area (Å²) >= 11 is 0. The van der Waals surface area contributed by atoms with Gasteiger partial charge in [0.2, 0.25) is 10.0 Å². The van der Waals surface area contributed by atoms with Crippen molar-refractivity contribution in [2.24, 2.45) is 0 Å². The molecule has 10 heteroatoms. The number of tetrazole rings is 1. The van der Waals surface area contributed by atoms with Crippen LogP contribution in [0.4, 0.5) is 5.69 Å². The molecule has 178 valence electrons. The average molecular weight is 481 g/mol. The largest absolute Gasteiger partial charge is 0.322 e. The number of nitrogens with one attached hydrogen (secondary N) is 1. The van der Waals surface area contributed by atoms with Crippen molar-refractivity contribution in [1.29, 1.82) is 0 Å². The molecule has 1 amide bonds. The van der Waals surface area contributed by atoms with Crippen molar-refractivity contribution in [3.63, 3.8) is 0 Å². The summed E-state index contributed by atoms with van der Waals surface area (Å²) in [6.45, 7) is 0. The normalized spacial score (nSPS) is 17.1. The zero-order valence-electron chi connectivity index (χ0n) is 19.1. The summed E-state index contributed by atoms with van der Waals surface area (Å²) in [6, 6.07) is 13.9. The van der Waals surface area contributed by atoms with Gasteiger partial charge < -0.3 is 5.32 Å². The predicted octanol–water partition coefficient (Wildman–Crippen LogP) is 3.88. The zero-order valence-corrected chi connectivity index (χ0v) is 19.9. The summed E-state index contributed by atoms with van der Waals surface area (Å²) in [5.41, 5.74) is 1.90. The number of hydrogen-bond acceptors (Lipinski definition) is 6. The Morgan fingerprint density at radius 2 is 1.65 bits per heavy atom. The topological polar surface area (TPSA) is 110 Å². The van der Waals surface area contributed by atoms with Gasteiger partial charge in [0.15, 0.2) is 5.82 Å². The molecule has 2 saturated carbocycles. The minimum absolute atomic E-state index is 0.0404. The van der Waals surface area contributed by atoms with Crippen LogP contribution in [0, 0.1) is 0 Å². The van der Waals surface area contributed by atoms with Gasteiger partial charge in [-0.05, 0) is 84.6 Å². The SMILES string of the molecule is CN(C1CCCCC1)S(=O)(=O)c1ccc(C(=O)Nc2ccc(-c3nnnn3C3CC3)cc2)cc1. The molecule has 0 radical (unpaired) electrons. The second-order valence-corrected chi connectivity index (χ2v) is 11.0. The lowest BCUT2D eigenvalue weighted by Gasteiger charge is -2.30. The third-order valence-electron chi connectivity index (χ3n) is 6.67. The zero-order chi connectivity index (χ0) is 23.7. The van der Waals surface area contributed by atoms with Crippen LogP contribution in [0.3, 0.4) is 0 Å². The smallest absolute Gasteiger partial charge is 0.255 e. The Morgan fingerprint density at radius 1 is 0.971 bits per heavy atom. The first-order valence-corrected chi connectivity index (χ1v) is 13.2. The quantitative estimate of drug-likeness (QED) is 0.550. The van der Waals surface area contributed by atoms with Gasteiger partial charge in [-0.3, -0.25) is 4.79 Å². The van der Waals surface area contributed by atoms with Crippen LogP contribution in [-0.4, -0.2) is 51.9 Å². The van der Waals surface area contributed by atoms with Crippen molar-refractivity contribution in [2.45, 2.75) is 61.9 Å². The fourth-order valence-corrected chi connectivity index (χ4v) is 5.86. The van der Waals surface area contributed by atoms with Gasteiger partial charge in [0.05, 0.1) is 10.9 Å². The fraction of sp³-hybridized carbons (Fsp3) is 0.417. The van der Waals surface area contributed by atoms with E-state index in [1.807, 2.05) is 16.8 Å². The van der Waals surface area contributed by atoms with Crippen LogP contribution in [0.15, 0.2) is 53.4 Å². The molecule has 34 heavy (non-hydrogen) atoms. The molecule has 2 aliphatic rings. The molecular weight excluding hydrogens is 452 g/mol. The molecule has 0 unspecified atom stereocenters. The molecule has 0 spiro atoms. The van der Waals surface area contributed by atoms with Crippen LogP contribution in [-0.2, 0) is 10.0 Å². The number of sulfonamides is 1. The van der Waals surface area contributed by atoms with Crippen LogP contribution in [0.1, 0.15) is 61.3 Å². The van der Waals surface area contributed by atoms with Gasteiger partial charge in [0.1, 0.15) is 0 Å². The van der Waals surface area contributed by atoms with E-state index in [0.29, 0.717) is 17.3 Å². The molecule has 9 nitrogen and oxygen atoms in total. The van der Waals surface area contributed by atoms with Crippen LogP contribution < -0.4 is 5.32 Å². The van der Waals surface area contributed by atoms with Crippen molar-refractivity contribution in [3.8, 4) is 11.4 Å². The molecule has 3 aromatic rings. The number of amides is 1. The van der Waals surface area contributed by atoms with Crippen molar-refractivity contribution >= 4 is 21.6 Å². The van der Waals surface area contributed by atoms with Gasteiger partial charge in [-0.15, -0.1) is 5.10 Å². The van der Waals surface area contributed by atoms with E-state index in [1.54, 1.807) is 31.3 Å². The number of nitrogens with zero attached hydrogens (tertiary/aromatic N) is 5. The minimum atomic E-state index is -3.59. The first kappa shape index (κ1) is 22.7. The van der Waals surface area contributed by atoms with Crippen molar-refractivity contribution in [2.75, 3.05) is 12.4 Å². The van der Waals surface area contributed by atoms with E-state index >= 15 is 0 Å². The molecule has 0 bridgehead atoms. The molecule has 0 aliphatic heterocycles. The van der Waals surface area contributed by atoms with E-state index in [1.165, 1.54) is 16.4 Å². The highest BCUT2D eigenvalue weighted by molar-refractivity contribution is 7.89. The van der Waals surface area contributed by atoms with Crippen LogP contribution in [0.2, 0.25) is 0 Å². The molecule has 2 aromatic carbocycles. The van der Waals surface area contributed by atoms with Gasteiger partial charge >= 0.3 is 0 Å². The number of carbonyl (C=O) groups is 1. The standard InChI is InChI=1S/C24H28N6O3S/c1-29(20-5-3-2-4-6-20)34(32,33)22-15-9-18(10-16-22)24(31)25-19-11-7-17(8-12-19)23-26-27-28-30(23)21-13-14-21/h7-12,15-16,20-21H,2-6,13-14H2,1H3,(H,25,31). The van der Waals surface area contributed by atoms with Gasteiger partial charge in [-0.1, -0.05) is 19.3 Å². The fourth-order valence-electron chi connectivity index (χ4n) is 4.44. The van der Waals surface area contributed by atoms with Crippen LogP contribution >= 0.6 is 0 Å². The second kappa shape index (κ2) is 9.27. The van der Waals surface area contributed by atoms with Gasteiger partial charge in [-0.2, -0.15) is 4.31 Å². The van der Waals surface area contributed by atoms with E-state index in [0.717, 1.165) is 56.3 Å². The van der Waals surface area contributed by atoms with E-state index in [4.69, 9.17) is 0 Å². The Kier molecular flexibility index (Phi) is 6.18. The van der Waals surface area contributed by atoms with E-state index in [-0.39, 0.29) is 16.8 Å². The maximum absolute atomic E-state index is 13.0. The van der Waals surface area contributed by atoms with Crippen molar-refractivity contribution in [1.82, 2.24) is 24.5 Å². The summed E-state index contributed by atoms with van der Waals surface area (Å²) in [4.78, 5) is 12.9. The number of benzene rings is 2. The lowest BCUT2D eigenvalue weighted by molar-refractivity contribution is 0.102. The summed E-state index contributed by atoms with van der Waals surface area (Å²) < 4.78 is 29.4. The third kappa shape index (κ3) is 4.60. The van der Waals surface area contributed by atoms with Crippen molar-refractivity contribution in [3.05, 3.63) is 54.1 Å².